The van der Waals surface area contributed by atoms with Crippen LogP contribution in [0.15, 0.2) is 17.1 Å². The Kier molecular flexibility index (Phi) is 3.54. The van der Waals surface area contributed by atoms with E-state index in [0.717, 1.165) is 11.5 Å². The molecule has 0 saturated carbocycles. The first-order chi connectivity index (χ1) is 9.30. The summed E-state index contributed by atoms with van der Waals surface area (Å²) in [5.74, 6) is -0.0313. The number of aliphatic hydroxyl groups is 2. The van der Waals surface area contributed by atoms with Crippen LogP contribution in [0.2, 0.25) is 0 Å². The molecule has 0 aliphatic carbocycles. The molecule has 2 rings (SSSR count). The van der Waals surface area contributed by atoms with E-state index in [1.54, 1.807) is 0 Å². The summed E-state index contributed by atoms with van der Waals surface area (Å²) in [6, 6.07) is 1.29. The molecule has 6 N–H and O–H groups in total. The topological polar surface area (TPSA) is 137 Å². The fraction of sp³-hybridized carbons (Fsp3) is 0.636. The van der Waals surface area contributed by atoms with Crippen LogP contribution < -0.4 is 17.2 Å². The van der Waals surface area contributed by atoms with Crippen LogP contribution in [0.3, 0.4) is 0 Å². The number of aromatic nitrogens is 2. The quantitative estimate of drug-likeness (QED) is 0.501. The second-order valence-electron chi connectivity index (χ2n) is 4.85. The molecule has 8 nitrogen and oxygen atoms in total. The SMILES string of the molecule is C[C@@]1(F)[C@H](O)[C@@H](CO)O[C@@]1(CN)n1ccc(N)nc1=O. The van der Waals surface area contributed by atoms with Crippen LogP contribution in [0.5, 0.6) is 0 Å². The van der Waals surface area contributed by atoms with Gasteiger partial charge in [0.25, 0.3) is 0 Å². The second-order valence-corrected chi connectivity index (χ2v) is 4.85. The number of hydrogen-bond acceptors (Lipinski definition) is 7. The van der Waals surface area contributed by atoms with Crippen LogP contribution in [0.25, 0.3) is 0 Å². The van der Waals surface area contributed by atoms with E-state index in [1.807, 2.05) is 0 Å². The molecule has 0 amide bonds. The van der Waals surface area contributed by atoms with Gasteiger partial charge in [0.1, 0.15) is 18.0 Å². The minimum absolute atomic E-state index is 0.0313. The summed E-state index contributed by atoms with van der Waals surface area (Å²) in [5, 5.41) is 19.1. The molecular formula is C11H17FN4O4. The highest BCUT2D eigenvalue weighted by atomic mass is 19.1. The van der Waals surface area contributed by atoms with Gasteiger partial charge in [0.05, 0.1) is 6.61 Å². The fourth-order valence-corrected chi connectivity index (χ4v) is 2.48. The third-order valence-electron chi connectivity index (χ3n) is 3.69. The molecular weight excluding hydrogens is 271 g/mol. The summed E-state index contributed by atoms with van der Waals surface area (Å²) in [4.78, 5) is 15.4. The maximum atomic E-state index is 14.9. The molecule has 20 heavy (non-hydrogen) atoms. The van der Waals surface area contributed by atoms with Gasteiger partial charge in [0, 0.05) is 12.7 Å². The minimum atomic E-state index is -2.39. The lowest BCUT2D eigenvalue weighted by atomic mass is 9.89. The first-order valence-electron chi connectivity index (χ1n) is 6.01. The molecule has 4 atom stereocenters. The standard InChI is InChI=1S/C11H17FN4O4/c1-10(12)8(18)6(4-17)20-11(10,5-13)16-3-2-7(14)15-9(16)19/h2-3,6,8,17-18H,4-5,13H2,1H3,(H2,14,15,19)/t6-,8-,10-,11-/m1/s1. The van der Waals surface area contributed by atoms with Gasteiger partial charge in [-0.1, -0.05) is 0 Å². The van der Waals surface area contributed by atoms with E-state index in [2.05, 4.69) is 4.98 Å². The lowest BCUT2D eigenvalue weighted by molar-refractivity contribution is -0.155. The Morgan fingerprint density at radius 1 is 1.65 bits per heavy atom. The molecule has 2 heterocycles. The van der Waals surface area contributed by atoms with Crippen molar-refractivity contribution < 1.29 is 19.3 Å². The smallest absolute Gasteiger partial charge is 0.351 e. The van der Waals surface area contributed by atoms with E-state index in [-0.39, 0.29) is 5.82 Å². The highest BCUT2D eigenvalue weighted by molar-refractivity contribution is 5.24. The third kappa shape index (κ3) is 1.82. The lowest BCUT2D eigenvalue weighted by Crippen LogP contribution is -2.59. The number of halogens is 1. The number of hydrogen-bond donors (Lipinski definition) is 4. The van der Waals surface area contributed by atoms with Crippen molar-refractivity contribution in [1.29, 1.82) is 0 Å². The zero-order valence-corrected chi connectivity index (χ0v) is 10.9. The molecule has 112 valence electrons. The van der Waals surface area contributed by atoms with Crippen LogP contribution in [0.1, 0.15) is 6.92 Å². The molecule has 0 radical (unpaired) electrons. The highest BCUT2D eigenvalue weighted by Gasteiger charge is 2.65. The fourth-order valence-electron chi connectivity index (χ4n) is 2.48. The number of aliphatic hydroxyl groups excluding tert-OH is 2. The summed E-state index contributed by atoms with van der Waals surface area (Å²) in [6.45, 7) is 0.0155. The monoisotopic (exact) mass is 288 g/mol. The van der Waals surface area contributed by atoms with E-state index in [4.69, 9.17) is 21.3 Å². The van der Waals surface area contributed by atoms with Crippen molar-refractivity contribution >= 4 is 5.82 Å². The maximum Gasteiger partial charge on any atom is 0.351 e. The first-order valence-corrected chi connectivity index (χ1v) is 6.01. The van der Waals surface area contributed by atoms with Crippen LogP contribution in [-0.2, 0) is 10.5 Å². The maximum absolute atomic E-state index is 14.9. The van der Waals surface area contributed by atoms with Crippen LogP contribution in [-0.4, -0.2) is 50.8 Å². The molecule has 1 aromatic rings. The van der Waals surface area contributed by atoms with Gasteiger partial charge in [-0.15, -0.1) is 0 Å². The molecule has 1 saturated heterocycles. The van der Waals surface area contributed by atoms with Gasteiger partial charge in [-0.2, -0.15) is 4.98 Å². The average Bonchev–Trinajstić information content (AvgIpc) is 2.59. The van der Waals surface area contributed by atoms with Crippen LogP contribution in [0, 0.1) is 0 Å². The third-order valence-corrected chi connectivity index (χ3v) is 3.69. The van der Waals surface area contributed by atoms with E-state index < -0.39 is 42.4 Å². The average molecular weight is 288 g/mol. The summed E-state index contributed by atoms with van der Waals surface area (Å²) in [6.07, 6.45) is -1.64. The van der Waals surface area contributed by atoms with Gasteiger partial charge in [-0.3, -0.25) is 4.57 Å². The summed E-state index contributed by atoms with van der Waals surface area (Å²) < 4.78 is 21.2. The van der Waals surface area contributed by atoms with Crippen molar-refractivity contribution in [3.05, 3.63) is 22.7 Å². The Labute approximate surface area is 113 Å². The predicted octanol–water partition coefficient (Wildman–Crippen LogP) is -2.08. The normalized spacial score (nSPS) is 37.2. The lowest BCUT2D eigenvalue weighted by Gasteiger charge is -2.37. The van der Waals surface area contributed by atoms with Gasteiger partial charge in [-0.25, -0.2) is 9.18 Å². The molecule has 0 spiro atoms. The van der Waals surface area contributed by atoms with Gasteiger partial charge < -0.3 is 26.4 Å². The minimum Gasteiger partial charge on any atom is -0.394 e. The number of nitrogen functional groups attached to an aromatic ring is 1. The number of anilines is 1. The Morgan fingerprint density at radius 2 is 2.30 bits per heavy atom. The number of nitrogens with two attached hydrogens (primary N) is 2. The summed E-state index contributed by atoms with van der Waals surface area (Å²) >= 11 is 0. The van der Waals surface area contributed by atoms with Gasteiger partial charge in [0.15, 0.2) is 11.4 Å². The molecule has 1 aliphatic rings. The zero-order valence-electron chi connectivity index (χ0n) is 10.9. The van der Waals surface area contributed by atoms with Gasteiger partial charge in [0.2, 0.25) is 0 Å². The van der Waals surface area contributed by atoms with Crippen molar-refractivity contribution in [2.75, 3.05) is 18.9 Å². The molecule has 1 fully saturated rings. The molecule has 0 bridgehead atoms. The molecule has 1 aliphatic heterocycles. The van der Waals surface area contributed by atoms with Crippen molar-refractivity contribution in [1.82, 2.24) is 9.55 Å². The van der Waals surface area contributed by atoms with Crippen molar-refractivity contribution in [2.45, 2.75) is 30.5 Å². The Bertz CT molecular complexity index is 564. The first kappa shape index (κ1) is 14.9. The Morgan fingerprint density at radius 3 is 2.75 bits per heavy atom. The highest BCUT2D eigenvalue weighted by Crippen LogP contribution is 2.45. The molecule has 0 aromatic carbocycles. The largest absolute Gasteiger partial charge is 0.394 e. The van der Waals surface area contributed by atoms with Crippen molar-refractivity contribution in [3.8, 4) is 0 Å². The summed E-state index contributed by atoms with van der Waals surface area (Å²) in [7, 11) is 0. The van der Waals surface area contributed by atoms with Gasteiger partial charge in [-0.05, 0) is 13.0 Å². The zero-order chi connectivity index (χ0) is 15.1. The predicted molar refractivity (Wildman–Crippen MR) is 67.4 cm³/mol. The Hall–Kier alpha value is -1.55. The Balaban J connectivity index is 2.62. The second kappa shape index (κ2) is 4.77. The van der Waals surface area contributed by atoms with Crippen LogP contribution >= 0.6 is 0 Å². The number of ether oxygens (including phenoxy) is 1. The van der Waals surface area contributed by atoms with Gasteiger partial charge >= 0.3 is 5.69 Å². The molecule has 9 heteroatoms. The molecule has 0 unspecified atom stereocenters. The van der Waals surface area contributed by atoms with Crippen molar-refractivity contribution in [3.63, 3.8) is 0 Å². The van der Waals surface area contributed by atoms with Crippen molar-refractivity contribution in [2.24, 2.45) is 5.73 Å². The number of alkyl halides is 1. The molecule has 1 aromatic heterocycles. The summed E-state index contributed by atoms with van der Waals surface area (Å²) in [5.41, 5.74) is 5.76. The number of nitrogens with zero attached hydrogens (tertiary/aromatic N) is 2. The van der Waals surface area contributed by atoms with E-state index in [1.165, 1.54) is 12.3 Å². The van der Waals surface area contributed by atoms with Crippen LogP contribution in [0.4, 0.5) is 10.2 Å². The van der Waals surface area contributed by atoms with E-state index in [0.29, 0.717) is 0 Å². The number of rotatable bonds is 3. The van der Waals surface area contributed by atoms with E-state index in [9.17, 15) is 14.3 Å². The van der Waals surface area contributed by atoms with E-state index >= 15 is 0 Å².